The molecule has 1 unspecified atom stereocenters. The first-order valence-electron chi connectivity index (χ1n) is 8.68. The maximum Gasteiger partial charge on any atom is 0.246 e. The van der Waals surface area contributed by atoms with Gasteiger partial charge in [-0.2, -0.15) is 4.31 Å². The lowest BCUT2D eigenvalue weighted by Gasteiger charge is -2.35. The Morgan fingerprint density at radius 2 is 1.96 bits per heavy atom. The van der Waals surface area contributed by atoms with Crippen LogP contribution in [0.3, 0.4) is 0 Å². The maximum atomic E-state index is 13.7. The minimum Gasteiger partial charge on any atom is -0.347 e. The Labute approximate surface area is 165 Å². The van der Waals surface area contributed by atoms with Crippen molar-refractivity contribution in [2.24, 2.45) is 7.05 Å². The number of halogens is 1. The number of benzene rings is 1. The number of aryl methyl sites for hydroxylation is 1. The van der Waals surface area contributed by atoms with Gasteiger partial charge in [-0.15, -0.1) is 12.4 Å². The van der Waals surface area contributed by atoms with Crippen molar-refractivity contribution in [1.82, 2.24) is 19.2 Å². The van der Waals surface area contributed by atoms with Gasteiger partial charge in [-0.05, 0) is 24.6 Å². The third-order valence-electron chi connectivity index (χ3n) is 5.17. The van der Waals surface area contributed by atoms with Crippen LogP contribution in [-0.2, 0) is 17.1 Å². The molecule has 27 heavy (non-hydrogen) atoms. The Bertz CT molecular complexity index is 1050. The lowest BCUT2D eigenvalue weighted by atomic mass is 10.1. The van der Waals surface area contributed by atoms with Crippen molar-refractivity contribution in [3.63, 3.8) is 0 Å². The Morgan fingerprint density at radius 3 is 2.70 bits per heavy atom. The van der Waals surface area contributed by atoms with E-state index in [1.165, 1.54) is 0 Å². The van der Waals surface area contributed by atoms with Crippen molar-refractivity contribution >= 4 is 33.3 Å². The molecule has 0 amide bonds. The first-order chi connectivity index (χ1) is 12.5. The highest BCUT2D eigenvalue weighted by molar-refractivity contribution is 7.89. The summed E-state index contributed by atoms with van der Waals surface area (Å²) in [6.45, 7) is 3.52. The number of piperazine rings is 1. The molecule has 1 N–H and O–H groups in total. The van der Waals surface area contributed by atoms with Gasteiger partial charge < -0.3 is 9.88 Å². The summed E-state index contributed by atoms with van der Waals surface area (Å²) < 4.78 is 30.9. The van der Waals surface area contributed by atoms with E-state index in [-0.39, 0.29) is 18.4 Å². The van der Waals surface area contributed by atoms with Crippen LogP contribution in [0, 0.1) is 6.92 Å². The largest absolute Gasteiger partial charge is 0.347 e. The molecule has 2 aromatic heterocycles. The minimum absolute atomic E-state index is 0. The average molecular weight is 407 g/mol. The van der Waals surface area contributed by atoms with E-state index in [0.717, 1.165) is 22.2 Å². The van der Waals surface area contributed by atoms with Gasteiger partial charge in [0.1, 0.15) is 4.90 Å². The van der Waals surface area contributed by atoms with E-state index in [1.807, 2.05) is 54.9 Å². The minimum atomic E-state index is -3.65. The summed E-state index contributed by atoms with van der Waals surface area (Å²) in [5.41, 5.74) is 2.59. The number of rotatable bonds is 3. The van der Waals surface area contributed by atoms with Crippen molar-refractivity contribution < 1.29 is 8.42 Å². The molecule has 1 aromatic carbocycles. The van der Waals surface area contributed by atoms with Crippen LogP contribution < -0.4 is 5.32 Å². The van der Waals surface area contributed by atoms with Crippen molar-refractivity contribution in [1.29, 1.82) is 0 Å². The number of pyridine rings is 1. The summed E-state index contributed by atoms with van der Waals surface area (Å²) in [5.74, 6) is 0. The van der Waals surface area contributed by atoms with Gasteiger partial charge >= 0.3 is 0 Å². The molecule has 0 saturated carbocycles. The maximum absolute atomic E-state index is 13.7. The molecule has 6 nitrogen and oxygen atoms in total. The van der Waals surface area contributed by atoms with Crippen LogP contribution in [0.15, 0.2) is 53.7 Å². The third kappa shape index (κ3) is 3.25. The molecule has 1 saturated heterocycles. The molecule has 1 fully saturated rings. The van der Waals surface area contributed by atoms with Crippen molar-refractivity contribution in [3.8, 4) is 0 Å². The summed E-state index contributed by atoms with van der Waals surface area (Å²) in [4.78, 5) is 4.58. The lowest BCUT2D eigenvalue weighted by Crippen LogP contribution is -2.48. The molecule has 0 spiro atoms. The molecule has 0 bridgehead atoms. The second-order valence-electron chi connectivity index (χ2n) is 6.61. The van der Waals surface area contributed by atoms with Gasteiger partial charge in [0.05, 0.1) is 6.04 Å². The number of sulfonamides is 1. The predicted octanol–water partition coefficient (Wildman–Crippen LogP) is 2.64. The van der Waals surface area contributed by atoms with E-state index in [1.54, 1.807) is 16.7 Å². The van der Waals surface area contributed by atoms with E-state index in [2.05, 4.69) is 10.3 Å². The van der Waals surface area contributed by atoms with Gasteiger partial charge in [-0.1, -0.05) is 24.3 Å². The quantitative estimate of drug-likeness (QED) is 0.726. The zero-order valence-corrected chi connectivity index (χ0v) is 16.9. The van der Waals surface area contributed by atoms with E-state index < -0.39 is 10.0 Å². The summed E-state index contributed by atoms with van der Waals surface area (Å²) in [7, 11) is -1.74. The predicted molar refractivity (Wildman–Crippen MR) is 109 cm³/mol. The third-order valence-corrected chi connectivity index (χ3v) is 7.26. The number of para-hydroxylation sites is 1. The van der Waals surface area contributed by atoms with Crippen LogP contribution in [-0.4, -0.2) is 41.9 Å². The molecule has 3 heterocycles. The summed E-state index contributed by atoms with van der Waals surface area (Å²) >= 11 is 0. The van der Waals surface area contributed by atoms with Gasteiger partial charge in [0.2, 0.25) is 10.0 Å². The van der Waals surface area contributed by atoms with Gasteiger partial charge in [0.15, 0.2) is 0 Å². The highest BCUT2D eigenvalue weighted by Crippen LogP contribution is 2.35. The number of hydrogen-bond acceptors (Lipinski definition) is 4. The zero-order chi connectivity index (χ0) is 18.3. The average Bonchev–Trinajstić information content (AvgIpc) is 2.94. The first-order valence-corrected chi connectivity index (χ1v) is 10.1. The van der Waals surface area contributed by atoms with Gasteiger partial charge in [-0.25, -0.2) is 8.42 Å². The van der Waals surface area contributed by atoms with Crippen LogP contribution in [0.4, 0.5) is 0 Å². The molecule has 0 radical (unpaired) electrons. The Kier molecular flexibility index (Phi) is 5.58. The lowest BCUT2D eigenvalue weighted by molar-refractivity contribution is 0.271. The van der Waals surface area contributed by atoms with Crippen LogP contribution >= 0.6 is 12.4 Å². The van der Waals surface area contributed by atoms with Crippen molar-refractivity contribution in [2.45, 2.75) is 17.9 Å². The normalized spacial score (nSPS) is 18.4. The summed E-state index contributed by atoms with van der Waals surface area (Å²) in [6.07, 6.45) is 3.45. The van der Waals surface area contributed by atoms with Gasteiger partial charge in [0.25, 0.3) is 0 Å². The standard InChI is InChI=1S/C19H22N4O2S.ClH/c1-14-19(16-7-3-4-8-17(16)22(14)2)26(24,25)23-11-10-21-13-18(23)15-6-5-9-20-12-15;/h3-9,12,18,21H,10-11,13H2,1-2H3;1H. The second-order valence-corrected chi connectivity index (χ2v) is 8.44. The summed E-state index contributed by atoms with van der Waals surface area (Å²) in [5, 5.41) is 4.08. The van der Waals surface area contributed by atoms with E-state index in [9.17, 15) is 8.42 Å². The van der Waals surface area contributed by atoms with E-state index in [0.29, 0.717) is 24.5 Å². The zero-order valence-electron chi connectivity index (χ0n) is 15.3. The van der Waals surface area contributed by atoms with E-state index >= 15 is 0 Å². The Hall–Kier alpha value is -1.93. The summed E-state index contributed by atoms with van der Waals surface area (Å²) in [6, 6.07) is 11.2. The van der Waals surface area contributed by atoms with Gasteiger partial charge in [-0.3, -0.25) is 4.98 Å². The highest BCUT2D eigenvalue weighted by Gasteiger charge is 2.37. The molecule has 1 aliphatic rings. The number of aromatic nitrogens is 2. The molecule has 1 atom stereocenters. The SMILES string of the molecule is Cc1c(S(=O)(=O)N2CCNCC2c2cccnc2)c2ccccc2n1C.Cl. The Balaban J connectivity index is 0.00000210. The second kappa shape index (κ2) is 7.59. The van der Waals surface area contributed by atoms with Crippen LogP contribution in [0.2, 0.25) is 0 Å². The molecule has 1 aliphatic heterocycles. The number of fused-ring (bicyclic) bond motifs is 1. The molecular formula is C19H23ClN4O2S. The Morgan fingerprint density at radius 1 is 1.19 bits per heavy atom. The molecule has 0 aliphatic carbocycles. The van der Waals surface area contributed by atoms with Crippen LogP contribution in [0.5, 0.6) is 0 Å². The topological polar surface area (TPSA) is 67.2 Å². The molecule has 4 rings (SSSR count). The molecule has 144 valence electrons. The fraction of sp³-hybridized carbons (Fsp3) is 0.316. The van der Waals surface area contributed by atoms with Crippen molar-refractivity contribution in [2.75, 3.05) is 19.6 Å². The molecule has 3 aromatic rings. The fourth-order valence-electron chi connectivity index (χ4n) is 3.76. The molecular weight excluding hydrogens is 384 g/mol. The number of nitrogens with one attached hydrogen (secondary N) is 1. The van der Waals surface area contributed by atoms with Crippen molar-refractivity contribution in [3.05, 3.63) is 60.0 Å². The van der Waals surface area contributed by atoms with Crippen LogP contribution in [0.25, 0.3) is 10.9 Å². The van der Waals surface area contributed by atoms with E-state index in [4.69, 9.17) is 0 Å². The first kappa shape index (κ1) is 19.8. The van der Waals surface area contributed by atoms with Crippen LogP contribution in [0.1, 0.15) is 17.3 Å². The smallest absolute Gasteiger partial charge is 0.246 e. The monoisotopic (exact) mass is 406 g/mol. The number of nitrogens with zero attached hydrogens (tertiary/aromatic N) is 3. The molecule has 8 heteroatoms. The van der Waals surface area contributed by atoms with Gasteiger partial charge in [0, 0.05) is 55.7 Å². The highest BCUT2D eigenvalue weighted by atomic mass is 35.5. The number of hydrogen-bond donors (Lipinski definition) is 1. The fourth-order valence-corrected chi connectivity index (χ4v) is 5.82.